The van der Waals surface area contributed by atoms with Crippen LogP contribution in [-0.4, -0.2) is 11.5 Å². The van der Waals surface area contributed by atoms with E-state index in [1.807, 2.05) is 18.3 Å². The average molecular weight is 349 g/mol. The van der Waals surface area contributed by atoms with E-state index in [2.05, 4.69) is 39.2 Å². The van der Waals surface area contributed by atoms with Crippen LogP contribution in [0.25, 0.3) is 0 Å². The van der Waals surface area contributed by atoms with E-state index < -0.39 is 0 Å². The van der Waals surface area contributed by atoms with Gasteiger partial charge in [-0.05, 0) is 58.6 Å². The Kier molecular flexibility index (Phi) is 4.36. The summed E-state index contributed by atoms with van der Waals surface area (Å²) in [7, 11) is 0. The van der Waals surface area contributed by atoms with Crippen molar-refractivity contribution in [3.8, 4) is 0 Å². The molecule has 1 aromatic carbocycles. The molecule has 0 saturated heterocycles. The molecule has 2 nitrogen and oxygen atoms in total. The summed E-state index contributed by atoms with van der Waals surface area (Å²) in [5.74, 6) is 0.0777. The standard InChI is InChI=1S/C17H18BrFN2/c1-2-20-17(12-6-3-7-14(19)15(12)18)13-9-8-11-5-4-10-21-16(11)13/h3-7,10,13,17,20H,2,8-9H2,1H3. The molecule has 2 unspecified atom stereocenters. The average Bonchev–Trinajstić information content (AvgIpc) is 2.92. The first kappa shape index (κ1) is 14.7. The Hall–Kier alpha value is -1.26. The van der Waals surface area contributed by atoms with Gasteiger partial charge in [0, 0.05) is 23.9 Å². The number of nitrogens with zero attached hydrogens (tertiary/aromatic N) is 1. The van der Waals surface area contributed by atoms with Crippen LogP contribution in [-0.2, 0) is 6.42 Å². The van der Waals surface area contributed by atoms with Crippen molar-refractivity contribution in [3.63, 3.8) is 0 Å². The lowest BCUT2D eigenvalue weighted by Crippen LogP contribution is -2.27. The zero-order chi connectivity index (χ0) is 14.8. The van der Waals surface area contributed by atoms with Crippen molar-refractivity contribution in [2.24, 2.45) is 0 Å². The van der Waals surface area contributed by atoms with Gasteiger partial charge < -0.3 is 5.32 Å². The van der Waals surface area contributed by atoms with Gasteiger partial charge in [0.25, 0.3) is 0 Å². The maximum absolute atomic E-state index is 13.9. The molecular formula is C17H18BrFN2. The van der Waals surface area contributed by atoms with Gasteiger partial charge in [-0.2, -0.15) is 0 Å². The quantitative estimate of drug-likeness (QED) is 0.887. The van der Waals surface area contributed by atoms with E-state index >= 15 is 0 Å². The van der Waals surface area contributed by atoms with E-state index in [-0.39, 0.29) is 11.9 Å². The summed E-state index contributed by atoms with van der Waals surface area (Å²) >= 11 is 3.40. The molecule has 0 spiro atoms. The van der Waals surface area contributed by atoms with Crippen LogP contribution in [0.4, 0.5) is 4.39 Å². The van der Waals surface area contributed by atoms with Gasteiger partial charge in [0.05, 0.1) is 4.47 Å². The second kappa shape index (κ2) is 6.24. The molecule has 0 radical (unpaired) electrons. The molecule has 110 valence electrons. The first-order valence-electron chi connectivity index (χ1n) is 7.33. The number of nitrogens with one attached hydrogen (secondary N) is 1. The zero-order valence-electron chi connectivity index (χ0n) is 11.9. The summed E-state index contributed by atoms with van der Waals surface area (Å²) < 4.78 is 14.4. The third-order valence-electron chi connectivity index (χ3n) is 4.14. The summed E-state index contributed by atoms with van der Waals surface area (Å²) in [6.45, 7) is 2.92. The third-order valence-corrected chi connectivity index (χ3v) is 4.98. The van der Waals surface area contributed by atoms with Crippen LogP contribution < -0.4 is 5.32 Å². The molecule has 2 atom stereocenters. The molecule has 1 aromatic heterocycles. The maximum Gasteiger partial charge on any atom is 0.137 e. The number of benzene rings is 1. The van der Waals surface area contributed by atoms with E-state index in [0.29, 0.717) is 10.4 Å². The van der Waals surface area contributed by atoms with E-state index in [9.17, 15) is 4.39 Å². The fourth-order valence-corrected chi connectivity index (χ4v) is 3.73. The topological polar surface area (TPSA) is 24.9 Å². The predicted octanol–water partition coefficient (Wildman–Crippen LogP) is 4.36. The first-order valence-corrected chi connectivity index (χ1v) is 8.12. The molecule has 2 aromatic rings. The van der Waals surface area contributed by atoms with Crippen LogP contribution in [0.2, 0.25) is 0 Å². The van der Waals surface area contributed by atoms with Crippen LogP contribution in [0.3, 0.4) is 0 Å². The number of pyridine rings is 1. The molecule has 1 aliphatic rings. The first-order chi connectivity index (χ1) is 10.2. The maximum atomic E-state index is 13.9. The van der Waals surface area contributed by atoms with Crippen molar-refractivity contribution >= 4 is 15.9 Å². The van der Waals surface area contributed by atoms with E-state index in [1.54, 1.807) is 6.07 Å². The molecule has 1 heterocycles. The summed E-state index contributed by atoms with van der Waals surface area (Å²) in [5, 5.41) is 3.51. The highest BCUT2D eigenvalue weighted by molar-refractivity contribution is 9.10. The number of rotatable bonds is 4. The van der Waals surface area contributed by atoms with Gasteiger partial charge in [-0.3, -0.25) is 4.98 Å². The van der Waals surface area contributed by atoms with Crippen molar-refractivity contribution in [3.05, 3.63) is 63.6 Å². The second-order valence-electron chi connectivity index (χ2n) is 5.37. The highest BCUT2D eigenvalue weighted by Crippen LogP contribution is 2.42. The van der Waals surface area contributed by atoms with Crippen LogP contribution in [0.1, 0.15) is 42.1 Å². The van der Waals surface area contributed by atoms with E-state index in [0.717, 1.165) is 30.6 Å². The number of likely N-dealkylation sites (N-methyl/N-ethyl adjacent to an activating group) is 1. The minimum atomic E-state index is -0.213. The second-order valence-corrected chi connectivity index (χ2v) is 6.16. The highest BCUT2D eigenvalue weighted by atomic mass is 79.9. The van der Waals surface area contributed by atoms with Gasteiger partial charge in [-0.25, -0.2) is 4.39 Å². The SMILES string of the molecule is CCNC(c1cccc(F)c1Br)C1CCc2cccnc21. The smallest absolute Gasteiger partial charge is 0.137 e. The Labute approximate surface area is 132 Å². The summed E-state index contributed by atoms with van der Waals surface area (Å²) in [5.41, 5.74) is 3.44. The number of hydrogen-bond acceptors (Lipinski definition) is 2. The number of fused-ring (bicyclic) bond motifs is 1. The molecule has 0 aliphatic heterocycles. The monoisotopic (exact) mass is 348 g/mol. The lowest BCUT2D eigenvalue weighted by atomic mass is 9.90. The minimum absolute atomic E-state index is 0.0798. The normalized spacial score (nSPS) is 18.5. The Balaban J connectivity index is 2.02. The number of aromatic nitrogens is 1. The van der Waals surface area contributed by atoms with Crippen molar-refractivity contribution in [1.29, 1.82) is 0 Å². The number of aryl methyl sites for hydroxylation is 1. The van der Waals surface area contributed by atoms with Crippen molar-refractivity contribution in [1.82, 2.24) is 10.3 Å². The highest BCUT2D eigenvalue weighted by Gasteiger charge is 2.32. The van der Waals surface area contributed by atoms with Gasteiger partial charge in [-0.1, -0.05) is 25.1 Å². The Morgan fingerprint density at radius 3 is 3.05 bits per heavy atom. The molecule has 1 N–H and O–H groups in total. The van der Waals surface area contributed by atoms with Gasteiger partial charge in [0.15, 0.2) is 0 Å². The molecule has 0 saturated carbocycles. The Morgan fingerprint density at radius 2 is 2.24 bits per heavy atom. The number of hydrogen-bond donors (Lipinski definition) is 1. The molecule has 4 heteroatoms. The third kappa shape index (κ3) is 2.74. The molecule has 0 fully saturated rings. The molecular weight excluding hydrogens is 331 g/mol. The van der Waals surface area contributed by atoms with Crippen LogP contribution in [0.5, 0.6) is 0 Å². The van der Waals surface area contributed by atoms with Gasteiger partial charge in [0.1, 0.15) is 5.82 Å². The fraction of sp³-hybridized carbons (Fsp3) is 0.353. The number of halogens is 2. The van der Waals surface area contributed by atoms with Crippen LogP contribution in [0.15, 0.2) is 41.0 Å². The Morgan fingerprint density at radius 1 is 1.38 bits per heavy atom. The van der Waals surface area contributed by atoms with Crippen LogP contribution in [0, 0.1) is 5.82 Å². The van der Waals surface area contributed by atoms with Gasteiger partial charge >= 0.3 is 0 Å². The summed E-state index contributed by atoms with van der Waals surface area (Å²) in [6.07, 6.45) is 3.94. The minimum Gasteiger partial charge on any atom is -0.310 e. The predicted molar refractivity (Wildman–Crippen MR) is 85.8 cm³/mol. The van der Waals surface area contributed by atoms with Crippen LogP contribution >= 0.6 is 15.9 Å². The zero-order valence-corrected chi connectivity index (χ0v) is 13.5. The summed E-state index contributed by atoms with van der Waals surface area (Å²) in [4.78, 5) is 4.57. The van der Waals surface area contributed by atoms with Crippen molar-refractivity contribution < 1.29 is 4.39 Å². The lowest BCUT2D eigenvalue weighted by Gasteiger charge is -2.26. The lowest BCUT2D eigenvalue weighted by molar-refractivity contribution is 0.443. The molecule has 1 aliphatic carbocycles. The largest absolute Gasteiger partial charge is 0.310 e. The fourth-order valence-electron chi connectivity index (χ4n) is 3.22. The molecule has 3 rings (SSSR count). The molecule has 0 bridgehead atoms. The Bertz CT molecular complexity index is 644. The van der Waals surface area contributed by atoms with Gasteiger partial charge in [0.2, 0.25) is 0 Å². The van der Waals surface area contributed by atoms with Crippen molar-refractivity contribution in [2.45, 2.75) is 31.7 Å². The van der Waals surface area contributed by atoms with Crippen molar-refractivity contribution in [2.75, 3.05) is 6.54 Å². The van der Waals surface area contributed by atoms with Gasteiger partial charge in [-0.15, -0.1) is 0 Å². The molecule has 21 heavy (non-hydrogen) atoms. The molecule has 0 amide bonds. The van der Waals surface area contributed by atoms with E-state index in [1.165, 1.54) is 11.6 Å². The van der Waals surface area contributed by atoms with E-state index in [4.69, 9.17) is 0 Å². The summed E-state index contributed by atoms with van der Waals surface area (Å²) in [6, 6.07) is 9.46.